The van der Waals surface area contributed by atoms with Gasteiger partial charge in [-0.3, -0.25) is 4.52 Å². The quantitative estimate of drug-likeness (QED) is 0.230. The number of hydrogen-bond donors (Lipinski definition) is 4. The molecule has 1 heterocycles. The van der Waals surface area contributed by atoms with Crippen LogP contribution in [-0.2, 0) is 13.8 Å². The second kappa shape index (κ2) is 10.7. The first-order chi connectivity index (χ1) is 15.0. The van der Waals surface area contributed by atoms with E-state index in [1.807, 2.05) is 6.07 Å². The fraction of sp³-hybridized carbons (Fsp3) is 0.381. The Bertz CT molecular complexity index is 905. The van der Waals surface area contributed by atoms with Crippen molar-refractivity contribution >= 4 is 14.1 Å². The van der Waals surface area contributed by atoms with Crippen molar-refractivity contribution in [2.24, 2.45) is 28.1 Å². The van der Waals surface area contributed by atoms with E-state index >= 15 is 0 Å². The third-order valence-corrected chi connectivity index (χ3v) is 6.37. The molecule has 0 aromatic heterocycles. The van der Waals surface area contributed by atoms with Crippen LogP contribution in [0.5, 0.6) is 5.75 Å². The molecule has 1 unspecified atom stereocenters. The van der Waals surface area contributed by atoms with Crippen LogP contribution < -0.4 is 21.7 Å². The average Bonchev–Trinajstić information content (AvgIpc) is 2.98. The van der Waals surface area contributed by atoms with Gasteiger partial charge in [-0.15, -0.1) is 0 Å². The highest BCUT2D eigenvalue weighted by molar-refractivity contribution is 7.33. The van der Waals surface area contributed by atoms with E-state index in [4.69, 9.17) is 31.0 Å². The topological polar surface area (TPSA) is 159 Å². The first kappa shape index (κ1) is 25.5. The van der Waals surface area contributed by atoms with Gasteiger partial charge in [-0.25, -0.2) is 9.56 Å². The van der Waals surface area contributed by atoms with Crippen LogP contribution in [0.1, 0.15) is 20.8 Å². The summed E-state index contributed by atoms with van der Waals surface area (Å²) in [5.74, 6) is -0.0562. The Kier molecular flexibility index (Phi) is 8.51. The largest absolute Gasteiger partial charge is 0.426 e. The monoisotopic (exact) mass is 465 g/mol. The first-order valence-electron chi connectivity index (χ1n) is 9.96. The van der Waals surface area contributed by atoms with E-state index in [-0.39, 0.29) is 17.4 Å². The summed E-state index contributed by atoms with van der Waals surface area (Å²) in [6.07, 6.45) is 0.313. The van der Waals surface area contributed by atoms with Gasteiger partial charge in [0.25, 0.3) is 0 Å². The average molecular weight is 465 g/mol. The number of rotatable bonds is 10. The van der Waals surface area contributed by atoms with Crippen LogP contribution in [0.3, 0.4) is 0 Å². The molecule has 0 saturated carbocycles. The fourth-order valence-corrected chi connectivity index (χ4v) is 4.23. The summed E-state index contributed by atoms with van der Waals surface area (Å²) in [5.41, 5.74) is 16.5. The lowest BCUT2D eigenvalue weighted by molar-refractivity contribution is -0.110. The highest BCUT2D eigenvalue weighted by Gasteiger charge is 2.54. The molecule has 1 aliphatic heterocycles. The molecule has 0 spiro atoms. The maximum atomic E-state index is 12.4. The second-order valence-electron chi connectivity index (χ2n) is 7.54. The summed E-state index contributed by atoms with van der Waals surface area (Å²) in [4.78, 5) is 5.18. The maximum absolute atomic E-state index is 12.4. The Morgan fingerprint density at radius 2 is 1.97 bits per heavy atom. The molecule has 0 bridgehead atoms. The van der Waals surface area contributed by atoms with Gasteiger partial charge in [-0.05, 0) is 26.0 Å². The predicted molar refractivity (Wildman–Crippen MR) is 124 cm³/mol. The maximum Gasteiger partial charge on any atom is 0.368 e. The Labute approximate surface area is 189 Å². The van der Waals surface area contributed by atoms with Crippen LogP contribution in [-0.4, -0.2) is 39.9 Å². The summed E-state index contributed by atoms with van der Waals surface area (Å²) in [5, 5.41) is 11.2. The van der Waals surface area contributed by atoms with E-state index in [9.17, 15) is 9.67 Å². The van der Waals surface area contributed by atoms with Crippen molar-refractivity contribution in [2.75, 3.05) is 0 Å². The number of nitrogens with two attached hydrogens (primary N) is 3. The minimum Gasteiger partial charge on any atom is -0.426 e. The van der Waals surface area contributed by atoms with Crippen molar-refractivity contribution in [1.82, 2.24) is 4.90 Å². The molecule has 2 rings (SSSR count). The lowest BCUT2D eigenvalue weighted by Crippen LogP contribution is -2.50. The lowest BCUT2D eigenvalue weighted by Gasteiger charge is -2.35. The van der Waals surface area contributed by atoms with Crippen LogP contribution in [0.15, 0.2) is 72.4 Å². The summed E-state index contributed by atoms with van der Waals surface area (Å²) in [7, 11) is -2.87. The van der Waals surface area contributed by atoms with Crippen LogP contribution >= 0.6 is 8.25 Å². The zero-order valence-electron chi connectivity index (χ0n) is 18.5. The van der Waals surface area contributed by atoms with Crippen LogP contribution in [0, 0.1) is 5.92 Å². The number of amidine groups is 1. The summed E-state index contributed by atoms with van der Waals surface area (Å²) < 4.78 is 29.4. The first-order valence-corrected chi connectivity index (χ1v) is 11.2. The summed E-state index contributed by atoms with van der Waals surface area (Å²) in [6.45, 7) is 12.3. The van der Waals surface area contributed by atoms with Crippen LogP contribution in [0.25, 0.3) is 0 Å². The zero-order valence-corrected chi connectivity index (χ0v) is 19.5. The number of hydrogen-bond acceptors (Lipinski definition) is 9. The smallest absolute Gasteiger partial charge is 0.368 e. The molecule has 10 nitrogen and oxygen atoms in total. The van der Waals surface area contributed by atoms with Crippen molar-refractivity contribution in [2.45, 2.75) is 44.8 Å². The van der Waals surface area contributed by atoms with Crippen molar-refractivity contribution in [1.29, 1.82) is 0 Å². The van der Waals surface area contributed by atoms with Crippen molar-refractivity contribution < 1.29 is 23.5 Å². The van der Waals surface area contributed by atoms with Gasteiger partial charge in [0.1, 0.15) is 28.7 Å². The molecule has 32 heavy (non-hydrogen) atoms. The minimum absolute atomic E-state index is 0.00390. The van der Waals surface area contributed by atoms with Crippen molar-refractivity contribution in [3.63, 3.8) is 0 Å². The van der Waals surface area contributed by atoms with E-state index < -0.39 is 38.2 Å². The number of nitrogens with zero attached hydrogens (tertiary/aromatic N) is 2. The fourth-order valence-electron chi connectivity index (χ4n) is 3.41. The van der Waals surface area contributed by atoms with Gasteiger partial charge in [0.05, 0.1) is 12.2 Å². The second-order valence-corrected chi connectivity index (χ2v) is 8.48. The number of aliphatic hydroxyl groups is 1. The van der Waals surface area contributed by atoms with Gasteiger partial charge in [-0.1, -0.05) is 38.3 Å². The molecule has 6 atom stereocenters. The molecule has 1 aromatic carbocycles. The molecule has 176 valence electrons. The third-order valence-electron chi connectivity index (χ3n) is 5.40. The molecule has 0 aliphatic carbocycles. The Morgan fingerprint density at radius 1 is 1.34 bits per heavy atom. The lowest BCUT2D eigenvalue weighted by atomic mass is 9.86. The molecule has 0 amide bonds. The number of para-hydroxylation sites is 1. The molecule has 11 heteroatoms. The number of benzene rings is 1. The van der Waals surface area contributed by atoms with E-state index in [0.29, 0.717) is 5.75 Å². The van der Waals surface area contributed by atoms with Gasteiger partial charge in [0.2, 0.25) is 0 Å². The molecule has 1 fully saturated rings. The highest BCUT2D eigenvalue weighted by Crippen LogP contribution is 2.42. The minimum atomic E-state index is -2.87. The van der Waals surface area contributed by atoms with E-state index in [0.717, 1.165) is 0 Å². The molecular weight excluding hydrogens is 433 g/mol. The predicted octanol–water partition coefficient (Wildman–Crippen LogP) is 2.00. The van der Waals surface area contributed by atoms with Gasteiger partial charge < -0.3 is 36.5 Å². The number of aliphatic imine (C=N–C) groups is 1. The Balaban J connectivity index is 2.20. The SMILES string of the molecule is C=C/N=C(N)\C(N)=C(/N)N(C=C)[C@@H]1O[C@H]([C@H](C)O[PH](=O)Oc2ccccc2)[C@@H](C)[C@@]1(C)O. The van der Waals surface area contributed by atoms with Crippen LogP contribution in [0.2, 0.25) is 0 Å². The normalized spacial score (nSPS) is 28.4. The standard InChI is InChI=1S/C21H32N5O5P/c1-6-25-18(23)16(22)19(24)26(7-2)20-21(5,27)13(3)17(29-20)14(4)30-32(28)31-15-11-9-8-10-12-15/h6-14,17,20,27,32H,1-2,22,24H2,3-5H3,(H2,23,25)/b19-16-/t13-,14+,17+,20-,21-/m1/s1. The third kappa shape index (κ3) is 5.52. The Hall–Kier alpha value is -2.78. The highest BCUT2D eigenvalue weighted by atomic mass is 31.1. The van der Waals surface area contributed by atoms with Crippen LogP contribution in [0.4, 0.5) is 0 Å². The zero-order chi connectivity index (χ0) is 24.1. The van der Waals surface area contributed by atoms with Gasteiger partial charge >= 0.3 is 8.25 Å². The molecular formula is C21H32N5O5P. The Morgan fingerprint density at radius 3 is 2.53 bits per heavy atom. The molecule has 0 radical (unpaired) electrons. The van der Waals surface area contributed by atoms with Crippen molar-refractivity contribution in [3.05, 3.63) is 67.4 Å². The van der Waals surface area contributed by atoms with E-state index in [1.54, 1.807) is 45.0 Å². The van der Waals surface area contributed by atoms with E-state index in [2.05, 4.69) is 18.2 Å². The molecule has 1 saturated heterocycles. The molecule has 1 aliphatic rings. The van der Waals surface area contributed by atoms with Crippen molar-refractivity contribution in [3.8, 4) is 5.75 Å². The number of ether oxygens (including phenoxy) is 1. The summed E-state index contributed by atoms with van der Waals surface area (Å²) in [6, 6.07) is 8.69. The molecule has 1 aromatic rings. The van der Waals surface area contributed by atoms with Gasteiger partial charge in [0.15, 0.2) is 6.23 Å². The van der Waals surface area contributed by atoms with E-state index in [1.165, 1.54) is 17.3 Å². The summed E-state index contributed by atoms with van der Waals surface area (Å²) >= 11 is 0. The molecule has 7 N–H and O–H groups in total. The van der Waals surface area contributed by atoms with Gasteiger partial charge in [0, 0.05) is 18.3 Å². The van der Waals surface area contributed by atoms with Gasteiger partial charge in [-0.2, -0.15) is 0 Å².